The monoisotopic (exact) mass is 548 g/mol. The van der Waals surface area contributed by atoms with Crippen LogP contribution < -0.4 is 10.6 Å². The van der Waals surface area contributed by atoms with Crippen LogP contribution in [0.15, 0.2) is 4.99 Å². The van der Waals surface area contributed by atoms with E-state index in [4.69, 9.17) is 4.99 Å². The van der Waals surface area contributed by atoms with E-state index in [0.717, 1.165) is 31.5 Å². The average molecular weight is 549 g/mol. The van der Waals surface area contributed by atoms with Crippen LogP contribution >= 0.6 is 24.0 Å². The van der Waals surface area contributed by atoms with Crippen molar-refractivity contribution in [3.05, 3.63) is 0 Å². The maximum absolute atomic E-state index is 5.12. The molecule has 2 N–H and O–H groups in total. The second kappa shape index (κ2) is 14.2. The molecule has 0 aliphatic carbocycles. The lowest BCUT2D eigenvalue weighted by atomic mass is 9.84. The molecule has 31 heavy (non-hydrogen) atoms. The molecule has 0 atom stereocenters. The number of guanidine groups is 1. The van der Waals surface area contributed by atoms with Crippen LogP contribution in [0, 0.1) is 5.92 Å². The van der Waals surface area contributed by atoms with Crippen molar-refractivity contribution in [1.29, 1.82) is 0 Å². The van der Waals surface area contributed by atoms with Gasteiger partial charge in [-0.15, -0.1) is 24.0 Å². The summed E-state index contributed by atoms with van der Waals surface area (Å²) in [7, 11) is 2.26. The van der Waals surface area contributed by atoms with Crippen molar-refractivity contribution in [2.24, 2.45) is 10.9 Å². The SMILES string of the molecule is CCNC(=NCC1(N2CCCCC2)CCN(C)CC1)NCCCN1CCC(C)CC1.I. The van der Waals surface area contributed by atoms with E-state index in [1.54, 1.807) is 0 Å². The predicted octanol–water partition coefficient (Wildman–Crippen LogP) is 3.23. The van der Waals surface area contributed by atoms with Crippen molar-refractivity contribution in [2.45, 2.75) is 70.8 Å². The highest BCUT2D eigenvalue weighted by molar-refractivity contribution is 14.0. The molecule has 0 aromatic rings. The van der Waals surface area contributed by atoms with Gasteiger partial charge in [-0.05, 0) is 111 Å². The Bertz CT molecular complexity index is 506. The Labute approximate surface area is 209 Å². The zero-order chi connectivity index (χ0) is 21.2. The minimum Gasteiger partial charge on any atom is -0.357 e. The van der Waals surface area contributed by atoms with Gasteiger partial charge in [0.2, 0.25) is 0 Å². The number of nitrogens with one attached hydrogen (secondary N) is 2. The van der Waals surface area contributed by atoms with Crippen LogP contribution in [0.25, 0.3) is 0 Å². The molecular formula is C24H49IN6. The quantitative estimate of drug-likeness (QED) is 0.211. The number of aliphatic imine (C=N–C) groups is 1. The summed E-state index contributed by atoms with van der Waals surface area (Å²) in [6.45, 7) is 16.1. The first-order valence-electron chi connectivity index (χ1n) is 12.8. The van der Waals surface area contributed by atoms with Crippen molar-refractivity contribution in [3.63, 3.8) is 0 Å². The highest BCUT2D eigenvalue weighted by Gasteiger charge is 2.39. The van der Waals surface area contributed by atoms with Gasteiger partial charge < -0.3 is 20.4 Å². The van der Waals surface area contributed by atoms with Crippen LogP contribution in [0.3, 0.4) is 0 Å². The van der Waals surface area contributed by atoms with Crippen LogP contribution in [0.1, 0.15) is 65.2 Å². The highest BCUT2D eigenvalue weighted by Crippen LogP contribution is 2.31. The second-order valence-corrected chi connectivity index (χ2v) is 10.1. The number of hydrogen-bond donors (Lipinski definition) is 2. The molecule has 3 saturated heterocycles. The smallest absolute Gasteiger partial charge is 0.191 e. The number of likely N-dealkylation sites (tertiary alicyclic amines) is 3. The summed E-state index contributed by atoms with van der Waals surface area (Å²) in [4.78, 5) is 13.0. The summed E-state index contributed by atoms with van der Waals surface area (Å²) in [5.74, 6) is 1.93. The molecule has 0 saturated carbocycles. The maximum atomic E-state index is 5.12. The Balaban J connectivity index is 0.00000341. The fraction of sp³-hybridized carbons (Fsp3) is 0.958. The van der Waals surface area contributed by atoms with Gasteiger partial charge >= 0.3 is 0 Å². The summed E-state index contributed by atoms with van der Waals surface area (Å²) in [5.41, 5.74) is 0.264. The molecule has 3 fully saturated rings. The topological polar surface area (TPSA) is 46.1 Å². The fourth-order valence-corrected chi connectivity index (χ4v) is 5.34. The highest BCUT2D eigenvalue weighted by atomic mass is 127. The Kier molecular flexibility index (Phi) is 12.4. The van der Waals surface area contributed by atoms with Crippen LogP contribution in [0.2, 0.25) is 0 Å². The molecule has 3 heterocycles. The van der Waals surface area contributed by atoms with Crippen LogP contribution in [-0.4, -0.2) is 98.7 Å². The summed E-state index contributed by atoms with van der Waals surface area (Å²) >= 11 is 0. The van der Waals surface area contributed by atoms with Gasteiger partial charge in [-0.1, -0.05) is 13.3 Å². The van der Waals surface area contributed by atoms with E-state index in [1.165, 1.54) is 97.2 Å². The average Bonchev–Trinajstić information content (AvgIpc) is 2.78. The van der Waals surface area contributed by atoms with Gasteiger partial charge in [0, 0.05) is 18.6 Å². The third kappa shape index (κ3) is 8.63. The second-order valence-electron chi connectivity index (χ2n) is 10.1. The number of hydrogen-bond acceptors (Lipinski definition) is 4. The van der Waals surface area contributed by atoms with Crippen molar-refractivity contribution in [2.75, 3.05) is 72.5 Å². The number of nitrogens with zero attached hydrogens (tertiary/aromatic N) is 4. The molecule has 182 valence electrons. The predicted molar refractivity (Wildman–Crippen MR) is 144 cm³/mol. The summed E-state index contributed by atoms with van der Waals surface area (Å²) in [5, 5.41) is 7.11. The molecule has 6 nitrogen and oxygen atoms in total. The van der Waals surface area contributed by atoms with Crippen LogP contribution in [0.4, 0.5) is 0 Å². The van der Waals surface area contributed by atoms with E-state index in [9.17, 15) is 0 Å². The lowest BCUT2D eigenvalue weighted by molar-refractivity contribution is 0.0208. The molecule has 0 aromatic heterocycles. The molecule has 3 aliphatic heterocycles. The summed E-state index contributed by atoms with van der Waals surface area (Å²) < 4.78 is 0. The van der Waals surface area contributed by atoms with E-state index in [0.29, 0.717) is 0 Å². The van der Waals surface area contributed by atoms with Gasteiger partial charge in [-0.2, -0.15) is 0 Å². The summed E-state index contributed by atoms with van der Waals surface area (Å²) in [6, 6.07) is 0. The molecule has 0 amide bonds. The van der Waals surface area contributed by atoms with Crippen molar-refractivity contribution in [1.82, 2.24) is 25.3 Å². The zero-order valence-corrected chi connectivity index (χ0v) is 22.8. The number of piperidine rings is 3. The van der Waals surface area contributed by atoms with Gasteiger partial charge in [0.05, 0.1) is 6.54 Å². The Hall–Kier alpha value is -0.120. The Morgan fingerprint density at radius 2 is 1.65 bits per heavy atom. The van der Waals surface area contributed by atoms with Crippen molar-refractivity contribution < 1.29 is 0 Å². The summed E-state index contributed by atoms with van der Waals surface area (Å²) in [6.07, 6.45) is 10.5. The first kappa shape index (κ1) is 27.1. The van der Waals surface area contributed by atoms with Crippen molar-refractivity contribution >= 4 is 29.9 Å². The minimum absolute atomic E-state index is 0. The van der Waals surface area contributed by atoms with Gasteiger partial charge in [-0.3, -0.25) is 9.89 Å². The first-order chi connectivity index (χ1) is 14.6. The molecule has 3 rings (SSSR count). The van der Waals surface area contributed by atoms with E-state index in [-0.39, 0.29) is 29.5 Å². The van der Waals surface area contributed by atoms with Crippen LogP contribution in [0.5, 0.6) is 0 Å². The van der Waals surface area contributed by atoms with Gasteiger partial charge in [0.1, 0.15) is 0 Å². The zero-order valence-electron chi connectivity index (χ0n) is 20.5. The molecule has 0 bridgehead atoms. The standard InChI is InChI=1S/C24H48N6.HI/c1-4-25-23(26-13-8-14-29-17-9-22(2)10-18-29)27-21-24(11-19-28(3)20-12-24)30-15-6-5-7-16-30;/h22H,4-21H2,1-3H3,(H2,25,26,27);1H. The Morgan fingerprint density at radius 3 is 2.29 bits per heavy atom. The third-order valence-corrected chi connectivity index (χ3v) is 7.64. The van der Waals surface area contributed by atoms with Crippen LogP contribution in [-0.2, 0) is 0 Å². The Morgan fingerprint density at radius 1 is 0.968 bits per heavy atom. The van der Waals surface area contributed by atoms with Gasteiger partial charge in [-0.25, -0.2) is 0 Å². The lowest BCUT2D eigenvalue weighted by Crippen LogP contribution is -2.58. The molecule has 0 radical (unpaired) electrons. The molecular weight excluding hydrogens is 499 g/mol. The molecule has 0 unspecified atom stereocenters. The van der Waals surface area contributed by atoms with Crippen molar-refractivity contribution in [3.8, 4) is 0 Å². The minimum atomic E-state index is 0. The van der Waals surface area contributed by atoms with E-state index in [1.807, 2.05) is 0 Å². The fourth-order valence-electron chi connectivity index (χ4n) is 5.34. The molecule has 0 aromatic carbocycles. The largest absolute Gasteiger partial charge is 0.357 e. The van der Waals surface area contributed by atoms with Gasteiger partial charge in [0.25, 0.3) is 0 Å². The maximum Gasteiger partial charge on any atom is 0.191 e. The number of rotatable bonds is 8. The van der Waals surface area contributed by atoms with E-state index < -0.39 is 0 Å². The lowest BCUT2D eigenvalue weighted by Gasteiger charge is -2.49. The van der Waals surface area contributed by atoms with E-state index in [2.05, 4.69) is 46.2 Å². The van der Waals surface area contributed by atoms with E-state index >= 15 is 0 Å². The molecule has 3 aliphatic rings. The first-order valence-corrected chi connectivity index (χ1v) is 12.8. The third-order valence-electron chi connectivity index (χ3n) is 7.64. The molecule has 7 heteroatoms. The van der Waals surface area contributed by atoms with Gasteiger partial charge in [0.15, 0.2) is 5.96 Å². The number of halogens is 1. The molecule has 0 spiro atoms. The normalized spacial score (nSPS) is 24.5.